The Morgan fingerprint density at radius 2 is 1.79 bits per heavy atom. The van der Waals surface area contributed by atoms with Crippen molar-refractivity contribution >= 4 is 17.3 Å². The number of fused-ring (bicyclic) bond motifs is 1. The molecular weight excluding hydrogens is 254 g/mol. The molecule has 1 unspecified atom stereocenters. The van der Waals surface area contributed by atoms with Crippen molar-refractivity contribution in [3.63, 3.8) is 0 Å². The molecule has 1 aliphatic rings. The standard InChI is InChI=1S/C17H16ClN/c1-19-17-11-10-14(12-6-8-13(18)9-7-12)15-4-2-3-5-16(15)17/h2-9,14H,10-11H2,1H3. The molecule has 0 amide bonds. The molecule has 0 aliphatic heterocycles. The molecule has 0 spiro atoms. The molecule has 0 aromatic heterocycles. The lowest BCUT2D eigenvalue weighted by atomic mass is 9.78. The Balaban J connectivity index is 2.07. The smallest absolute Gasteiger partial charge is 0.0420 e. The lowest BCUT2D eigenvalue weighted by Gasteiger charge is -2.27. The second kappa shape index (κ2) is 5.18. The predicted octanol–water partition coefficient (Wildman–Crippen LogP) is 4.68. The van der Waals surface area contributed by atoms with Crippen LogP contribution in [0.25, 0.3) is 0 Å². The maximum absolute atomic E-state index is 5.98. The summed E-state index contributed by atoms with van der Waals surface area (Å²) in [6.07, 6.45) is 2.16. The highest BCUT2D eigenvalue weighted by Crippen LogP contribution is 2.37. The van der Waals surface area contributed by atoms with E-state index in [1.54, 1.807) is 0 Å². The summed E-state index contributed by atoms with van der Waals surface area (Å²) in [6, 6.07) is 16.8. The van der Waals surface area contributed by atoms with E-state index in [0.29, 0.717) is 5.92 Å². The van der Waals surface area contributed by atoms with Gasteiger partial charge in [0, 0.05) is 23.7 Å². The zero-order chi connectivity index (χ0) is 13.2. The second-order valence-corrected chi connectivity index (χ2v) is 5.34. The summed E-state index contributed by atoms with van der Waals surface area (Å²) >= 11 is 5.98. The first-order valence-electron chi connectivity index (χ1n) is 6.60. The minimum atomic E-state index is 0.457. The fourth-order valence-electron chi connectivity index (χ4n) is 2.91. The van der Waals surface area contributed by atoms with Crippen molar-refractivity contribution in [2.24, 2.45) is 4.99 Å². The Hall–Kier alpha value is -1.60. The molecule has 2 aromatic carbocycles. The van der Waals surface area contributed by atoms with Gasteiger partial charge in [-0.05, 0) is 41.7 Å². The third-order valence-electron chi connectivity index (χ3n) is 3.86. The molecule has 0 N–H and O–H groups in total. The summed E-state index contributed by atoms with van der Waals surface area (Å²) in [5.41, 5.74) is 5.25. The first-order valence-corrected chi connectivity index (χ1v) is 6.98. The van der Waals surface area contributed by atoms with Gasteiger partial charge in [0.25, 0.3) is 0 Å². The fraction of sp³-hybridized carbons (Fsp3) is 0.235. The molecule has 3 rings (SSSR count). The van der Waals surface area contributed by atoms with Crippen molar-refractivity contribution in [2.45, 2.75) is 18.8 Å². The maximum Gasteiger partial charge on any atom is 0.0420 e. The van der Waals surface area contributed by atoms with Crippen LogP contribution in [-0.2, 0) is 0 Å². The van der Waals surface area contributed by atoms with Gasteiger partial charge in [-0.3, -0.25) is 4.99 Å². The van der Waals surface area contributed by atoms with Crippen LogP contribution in [0.5, 0.6) is 0 Å². The average Bonchev–Trinajstić information content (AvgIpc) is 2.47. The van der Waals surface area contributed by atoms with Crippen molar-refractivity contribution in [1.29, 1.82) is 0 Å². The van der Waals surface area contributed by atoms with E-state index in [9.17, 15) is 0 Å². The third kappa shape index (κ3) is 2.31. The van der Waals surface area contributed by atoms with Gasteiger partial charge in [0.05, 0.1) is 0 Å². The summed E-state index contributed by atoms with van der Waals surface area (Å²) in [5.74, 6) is 0.457. The van der Waals surface area contributed by atoms with Crippen LogP contribution in [0, 0.1) is 0 Å². The molecule has 2 heteroatoms. The molecule has 0 fully saturated rings. The highest BCUT2D eigenvalue weighted by molar-refractivity contribution is 6.30. The Morgan fingerprint density at radius 1 is 1.05 bits per heavy atom. The van der Waals surface area contributed by atoms with Crippen LogP contribution < -0.4 is 0 Å². The number of hydrogen-bond donors (Lipinski definition) is 0. The van der Waals surface area contributed by atoms with Crippen LogP contribution >= 0.6 is 11.6 Å². The molecule has 2 aromatic rings. The van der Waals surface area contributed by atoms with Crippen LogP contribution in [0.4, 0.5) is 0 Å². The molecule has 1 aliphatic carbocycles. The van der Waals surface area contributed by atoms with Crippen LogP contribution in [0.1, 0.15) is 35.4 Å². The number of halogens is 1. The Kier molecular flexibility index (Phi) is 3.39. The largest absolute Gasteiger partial charge is 0.292 e. The summed E-state index contributed by atoms with van der Waals surface area (Å²) in [7, 11) is 1.88. The van der Waals surface area contributed by atoms with Gasteiger partial charge >= 0.3 is 0 Å². The van der Waals surface area contributed by atoms with E-state index < -0.39 is 0 Å². The summed E-state index contributed by atoms with van der Waals surface area (Å²) in [6.45, 7) is 0. The molecule has 0 bridgehead atoms. The van der Waals surface area contributed by atoms with Gasteiger partial charge in [0.1, 0.15) is 0 Å². The molecule has 0 radical (unpaired) electrons. The molecule has 19 heavy (non-hydrogen) atoms. The highest BCUT2D eigenvalue weighted by Gasteiger charge is 2.24. The average molecular weight is 270 g/mol. The lowest BCUT2D eigenvalue weighted by molar-refractivity contribution is 0.722. The van der Waals surface area contributed by atoms with Crippen molar-refractivity contribution < 1.29 is 0 Å². The van der Waals surface area contributed by atoms with E-state index in [0.717, 1.165) is 17.9 Å². The van der Waals surface area contributed by atoms with Crippen LogP contribution in [0.3, 0.4) is 0 Å². The summed E-state index contributed by atoms with van der Waals surface area (Å²) < 4.78 is 0. The molecule has 0 saturated heterocycles. The van der Waals surface area contributed by atoms with Crippen LogP contribution in [0.15, 0.2) is 53.5 Å². The van der Waals surface area contributed by atoms with E-state index in [1.807, 2.05) is 19.2 Å². The minimum absolute atomic E-state index is 0.457. The van der Waals surface area contributed by atoms with Crippen molar-refractivity contribution in [1.82, 2.24) is 0 Å². The highest BCUT2D eigenvalue weighted by atomic mass is 35.5. The molecule has 96 valence electrons. The van der Waals surface area contributed by atoms with Gasteiger partial charge in [-0.2, -0.15) is 0 Å². The number of aliphatic imine (C=N–C) groups is 1. The van der Waals surface area contributed by atoms with Crippen LogP contribution in [0.2, 0.25) is 5.02 Å². The van der Waals surface area contributed by atoms with E-state index >= 15 is 0 Å². The quantitative estimate of drug-likeness (QED) is 0.712. The Labute approximate surface area is 119 Å². The number of nitrogens with zero attached hydrogens (tertiary/aromatic N) is 1. The van der Waals surface area contributed by atoms with Gasteiger partial charge in [-0.25, -0.2) is 0 Å². The topological polar surface area (TPSA) is 12.4 Å². The van der Waals surface area contributed by atoms with E-state index in [1.165, 1.54) is 22.4 Å². The Bertz CT molecular complexity index is 613. The summed E-state index contributed by atoms with van der Waals surface area (Å²) in [5, 5.41) is 0.795. The molecule has 0 saturated carbocycles. The third-order valence-corrected chi connectivity index (χ3v) is 4.11. The van der Waals surface area contributed by atoms with E-state index in [-0.39, 0.29) is 0 Å². The van der Waals surface area contributed by atoms with Crippen molar-refractivity contribution in [3.05, 3.63) is 70.2 Å². The van der Waals surface area contributed by atoms with Gasteiger partial charge in [-0.1, -0.05) is 48.0 Å². The monoisotopic (exact) mass is 269 g/mol. The zero-order valence-corrected chi connectivity index (χ0v) is 11.7. The first kappa shape index (κ1) is 12.4. The van der Waals surface area contributed by atoms with E-state index in [4.69, 9.17) is 11.6 Å². The van der Waals surface area contributed by atoms with Gasteiger partial charge in [0.2, 0.25) is 0 Å². The number of hydrogen-bond acceptors (Lipinski definition) is 1. The SMILES string of the molecule is CN=C1CCC(c2ccc(Cl)cc2)c2ccccc21. The van der Waals surface area contributed by atoms with Crippen LogP contribution in [-0.4, -0.2) is 12.8 Å². The van der Waals surface area contributed by atoms with Crippen molar-refractivity contribution in [2.75, 3.05) is 7.05 Å². The number of rotatable bonds is 1. The predicted molar refractivity (Wildman–Crippen MR) is 81.4 cm³/mol. The van der Waals surface area contributed by atoms with Gasteiger partial charge in [-0.15, -0.1) is 0 Å². The van der Waals surface area contributed by atoms with Gasteiger partial charge < -0.3 is 0 Å². The molecule has 1 atom stereocenters. The maximum atomic E-state index is 5.98. The normalized spacial score (nSPS) is 20.3. The minimum Gasteiger partial charge on any atom is -0.292 e. The molecule has 0 heterocycles. The van der Waals surface area contributed by atoms with E-state index in [2.05, 4.69) is 41.4 Å². The molecular formula is C17H16ClN. The fourth-order valence-corrected chi connectivity index (χ4v) is 3.03. The van der Waals surface area contributed by atoms with Gasteiger partial charge in [0.15, 0.2) is 0 Å². The Morgan fingerprint density at radius 3 is 2.53 bits per heavy atom. The lowest BCUT2D eigenvalue weighted by Crippen LogP contribution is -2.17. The second-order valence-electron chi connectivity index (χ2n) is 4.90. The first-order chi connectivity index (χ1) is 9.29. The zero-order valence-electron chi connectivity index (χ0n) is 10.9. The summed E-state index contributed by atoms with van der Waals surface area (Å²) in [4.78, 5) is 4.43. The molecule has 1 nitrogen and oxygen atoms in total. The van der Waals surface area contributed by atoms with Crippen molar-refractivity contribution in [3.8, 4) is 0 Å². The number of benzene rings is 2.